The predicted octanol–water partition coefficient (Wildman–Crippen LogP) is 1.38. The highest BCUT2D eigenvalue weighted by molar-refractivity contribution is 5.66. The van der Waals surface area contributed by atoms with Crippen LogP contribution < -0.4 is 5.73 Å². The average Bonchev–Trinajstić information content (AvgIpc) is 2.92. The van der Waals surface area contributed by atoms with Crippen molar-refractivity contribution < 1.29 is 9.26 Å². The molecule has 1 saturated carbocycles. The van der Waals surface area contributed by atoms with Crippen molar-refractivity contribution in [3.05, 3.63) is 17.9 Å². The van der Waals surface area contributed by atoms with E-state index in [1.54, 1.807) is 13.3 Å². The highest BCUT2D eigenvalue weighted by Crippen LogP contribution is 2.46. The zero-order valence-corrected chi connectivity index (χ0v) is 10.8. The van der Waals surface area contributed by atoms with Crippen LogP contribution in [0.5, 0.6) is 0 Å². The van der Waals surface area contributed by atoms with Crippen LogP contribution in [0.4, 0.5) is 5.82 Å². The van der Waals surface area contributed by atoms with Crippen molar-refractivity contribution in [1.82, 2.24) is 20.1 Å². The third-order valence-electron chi connectivity index (χ3n) is 3.25. The SMILES string of the molecule is COCc1ncc(-c2noc([C@H]3C[C@@H]3C)n2)c(N)n1. The number of aromatic nitrogens is 4. The molecule has 1 aliphatic rings. The van der Waals surface area contributed by atoms with Gasteiger partial charge in [-0.3, -0.25) is 0 Å². The van der Waals surface area contributed by atoms with Crippen LogP contribution in [0, 0.1) is 5.92 Å². The summed E-state index contributed by atoms with van der Waals surface area (Å²) in [5.41, 5.74) is 6.47. The van der Waals surface area contributed by atoms with Gasteiger partial charge in [0.15, 0.2) is 5.82 Å². The molecule has 2 atom stereocenters. The van der Waals surface area contributed by atoms with Crippen LogP contribution >= 0.6 is 0 Å². The smallest absolute Gasteiger partial charge is 0.230 e. The Bertz CT molecular complexity index is 598. The number of nitrogens with two attached hydrogens (primary N) is 1. The molecule has 2 aromatic rings. The van der Waals surface area contributed by atoms with E-state index in [1.165, 1.54) is 0 Å². The zero-order chi connectivity index (χ0) is 13.4. The van der Waals surface area contributed by atoms with Crippen molar-refractivity contribution in [2.45, 2.75) is 25.9 Å². The zero-order valence-electron chi connectivity index (χ0n) is 10.8. The third kappa shape index (κ3) is 2.28. The molecular weight excluding hydrogens is 246 g/mol. The first-order valence-electron chi connectivity index (χ1n) is 6.13. The summed E-state index contributed by atoms with van der Waals surface area (Å²) in [6, 6.07) is 0. The third-order valence-corrected chi connectivity index (χ3v) is 3.25. The molecule has 0 bridgehead atoms. The molecule has 2 heterocycles. The van der Waals surface area contributed by atoms with E-state index >= 15 is 0 Å². The lowest BCUT2D eigenvalue weighted by molar-refractivity contribution is 0.178. The molecule has 0 saturated heterocycles. The van der Waals surface area contributed by atoms with Crippen molar-refractivity contribution in [2.24, 2.45) is 5.92 Å². The van der Waals surface area contributed by atoms with E-state index in [9.17, 15) is 0 Å². The standard InChI is InChI=1S/C12H15N5O2/c1-6-3-7(6)12-16-11(17-19-12)8-4-14-9(5-18-2)15-10(8)13/h4,6-7H,3,5H2,1-2H3,(H2,13,14,15)/t6-,7-/m0/s1. The predicted molar refractivity (Wildman–Crippen MR) is 67.0 cm³/mol. The van der Waals surface area contributed by atoms with Crippen LogP contribution in [0.15, 0.2) is 10.7 Å². The normalized spacial score (nSPS) is 21.6. The fourth-order valence-electron chi connectivity index (χ4n) is 1.97. The van der Waals surface area contributed by atoms with Gasteiger partial charge in [-0.25, -0.2) is 9.97 Å². The van der Waals surface area contributed by atoms with Crippen molar-refractivity contribution in [3.63, 3.8) is 0 Å². The quantitative estimate of drug-likeness (QED) is 0.887. The first kappa shape index (κ1) is 12.0. The molecule has 19 heavy (non-hydrogen) atoms. The lowest BCUT2D eigenvalue weighted by Crippen LogP contribution is -2.03. The van der Waals surface area contributed by atoms with E-state index in [0.717, 1.165) is 6.42 Å². The number of nitrogens with zero attached hydrogens (tertiary/aromatic N) is 4. The van der Waals surface area contributed by atoms with Crippen molar-refractivity contribution in [3.8, 4) is 11.4 Å². The molecule has 1 aliphatic carbocycles. The van der Waals surface area contributed by atoms with Gasteiger partial charge in [0.05, 0.1) is 5.56 Å². The summed E-state index contributed by atoms with van der Waals surface area (Å²) >= 11 is 0. The van der Waals surface area contributed by atoms with Crippen molar-refractivity contribution >= 4 is 5.82 Å². The second kappa shape index (κ2) is 4.58. The number of anilines is 1. The molecule has 0 aliphatic heterocycles. The molecule has 7 nitrogen and oxygen atoms in total. The Morgan fingerprint density at radius 2 is 2.26 bits per heavy atom. The number of hydrogen-bond acceptors (Lipinski definition) is 7. The van der Waals surface area contributed by atoms with Gasteiger partial charge in [-0.1, -0.05) is 12.1 Å². The monoisotopic (exact) mass is 261 g/mol. The van der Waals surface area contributed by atoms with Crippen LogP contribution in [-0.2, 0) is 11.3 Å². The molecule has 2 aromatic heterocycles. The maximum atomic E-state index is 5.88. The molecule has 1 fully saturated rings. The van der Waals surface area contributed by atoms with Crippen LogP contribution in [0.3, 0.4) is 0 Å². The van der Waals surface area contributed by atoms with Crippen molar-refractivity contribution in [1.29, 1.82) is 0 Å². The molecule has 0 amide bonds. The Morgan fingerprint density at radius 3 is 2.89 bits per heavy atom. The summed E-state index contributed by atoms with van der Waals surface area (Å²) in [6.07, 6.45) is 2.70. The van der Waals surface area contributed by atoms with Gasteiger partial charge in [-0.05, 0) is 12.3 Å². The van der Waals surface area contributed by atoms with Gasteiger partial charge in [-0.15, -0.1) is 0 Å². The Balaban J connectivity index is 1.87. The minimum atomic E-state index is 0.321. The van der Waals surface area contributed by atoms with Crippen LogP contribution in [-0.4, -0.2) is 27.2 Å². The summed E-state index contributed by atoms with van der Waals surface area (Å²) in [6.45, 7) is 2.48. The van der Waals surface area contributed by atoms with E-state index < -0.39 is 0 Å². The van der Waals surface area contributed by atoms with E-state index in [1.807, 2.05) is 0 Å². The van der Waals surface area contributed by atoms with Gasteiger partial charge in [-0.2, -0.15) is 4.98 Å². The van der Waals surface area contributed by atoms with Crippen LogP contribution in [0.25, 0.3) is 11.4 Å². The lowest BCUT2D eigenvalue weighted by Gasteiger charge is -2.02. The van der Waals surface area contributed by atoms with Gasteiger partial charge < -0.3 is 15.0 Å². The number of nitrogen functional groups attached to an aromatic ring is 1. The average molecular weight is 261 g/mol. The summed E-state index contributed by atoms with van der Waals surface area (Å²) in [5, 5.41) is 3.94. The van der Waals surface area contributed by atoms with E-state index in [2.05, 4.69) is 27.0 Å². The van der Waals surface area contributed by atoms with Crippen molar-refractivity contribution in [2.75, 3.05) is 12.8 Å². The summed E-state index contributed by atoms with van der Waals surface area (Å²) in [4.78, 5) is 12.7. The minimum Gasteiger partial charge on any atom is -0.383 e. The van der Waals surface area contributed by atoms with Crippen LogP contribution in [0.2, 0.25) is 0 Å². The second-order valence-electron chi connectivity index (χ2n) is 4.79. The lowest BCUT2D eigenvalue weighted by atomic mass is 10.3. The highest BCUT2D eigenvalue weighted by atomic mass is 16.5. The van der Waals surface area contributed by atoms with Gasteiger partial charge in [0.1, 0.15) is 12.4 Å². The highest BCUT2D eigenvalue weighted by Gasteiger charge is 2.39. The molecule has 0 aromatic carbocycles. The Kier molecular flexibility index (Phi) is 2.90. The molecule has 0 radical (unpaired) electrons. The number of ether oxygens (including phenoxy) is 1. The Morgan fingerprint density at radius 1 is 1.47 bits per heavy atom. The Labute approximate surface area is 110 Å². The number of rotatable bonds is 4. The molecule has 100 valence electrons. The first-order chi connectivity index (χ1) is 9.19. The number of hydrogen-bond donors (Lipinski definition) is 1. The molecular formula is C12H15N5O2. The molecule has 0 unspecified atom stereocenters. The molecule has 3 rings (SSSR count). The maximum absolute atomic E-state index is 5.88. The minimum absolute atomic E-state index is 0.321. The van der Waals surface area contributed by atoms with E-state index in [4.69, 9.17) is 15.0 Å². The van der Waals surface area contributed by atoms with Gasteiger partial charge in [0.25, 0.3) is 0 Å². The van der Waals surface area contributed by atoms with Gasteiger partial charge in [0, 0.05) is 19.2 Å². The largest absolute Gasteiger partial charge is 0.383 e. The topological polar surface area (TPSA) is 100.0 Å². The summed E-state index contributed by atoms with van der Waals surface area (Å²) in [7, 11) is 1.58. The van der Waals surface area contributed by atoms with Gasteiger partial charge in [0.2, 0.25) is 11.7 Å². The molecule has 2 N–H and O–H groups in total. The first-order valence-corrected chi connectivity index (χ1v) is 6.13. The Hall–Kier alpha value is -2.02. The van der Waals surface area contributed by atoms with E-state index in [0.29, 0.717) is 47.4 Å². The number of methoxy groups -OCH3 is 1. The van der Waals surface area contributed by atoms with Gasteiger partial charge >= 0.3 is 0 Å². The molecule has 7 heteroatoms. The fourth-order valence-corrected chi connectivity index (χ4v) is 1.97. The second-order valence-corrected chi connectivity index (χ2v) is 4.79. The summed E-state index contributed by atoms with van der Waals surface area (Å²) in [5.74, 6) is 2.97. The maximum Gasteiger partial charge on any atom is 0.230 e. The fraction of sp³-hybridized carbons (Fsp3) is 0.500. The van der Waals surface area contributed by atoms with E-state index in [-0.39, 0.29) is 0 Å². The molecule has 0 spiro atoms. The van der Waals surface area contributed by atoms with Crippen LogP contribution in [0.1, 0.15) is 31.0 Å². The summed E-state index contributed by atoms with van der Waals surface area (Å²) < 4.78 is 10.2.